The van der Waals surface area contributed by atoms with E-state index in [0.717, 1.165) is 0 Å². The lowest BCUT2D eigenvalue weighted by atomic mass is 10.1. The fraction of sp³-hybridized carbons (Fsp3) is 0.250. The van der Waals surface area contributed by atoms with E-state index in [2.05, 4.69) is 5.32 Å². The van der Waals surface area contributed by atoms with Gasteiger partial charge in [-0.3, -0.25) is 4.79 Å². The van der Waals surface area contributed by atoms with Crippen LogP contribution in [0.15, 0.2) is 70.6 Å². The number of para-hydroxylation sites is 1. The van der Waals surface area contributed by atoms with Crippen molar-refractivity contribution in [3.05, 3.63) is 60.8 Å². The maximum absolute atomic E-state index is 13.1. The molecule has 0 saturated heterocycles. The van der Waals surface area contributed by atoms with Gasteiger partial charge in [0.25, 0.3) is 0 Å². The third kappa shape index (κ3) is 3.65. The van der Waals surface area contributed by atoms with E-state index in [1.165, 1.54) is 0 Å². The molecule has 26 heavy (non-hydrogen) atoms. The van der Waals surface area contributed by atoms with E-state index in [0.29, 0.717) is 10.9 Å². The van der Waals surface area contributed by atoms with E-state index >= 15 is 0 Å². The summed E-state index contributed by atoms with van der Waals surface area (Å²) in [5.41, 5.74) is 0.366. The Labute approximate surface area is 153 Å². The molecular formula is C20H22N2O3S. The summed E-state index contributed by atoms with van der Waals surface area (Å²) in [6.45, 7) is 5.78. The van der Waals surface area contributed by atoms with Crippen LogP contribution in [-0.4, -0.2) is 24.4 Å². The number of carbonyl (C=O) groups excluding carboxylic acids is 1. The maximum atomic E-state index is 13.1. The highest BCUT2D eigenvalue weighted by Crippen LogP contribution is 2.30. The van der Waals surface area contributed by atoms with Gasteiger partial charge in [-0.15, -0.1) is 0 Å². The van der Waals surface area contributed by atoms with E-state index < -0.39 is 9.84 Å². The normalized spacial score (nSPS) is 12.3. The minimum absolute atomic E-state index is 0.0576. The van der Waals surface area contributed by atoms with Crippen molar-refractivity contribution in [2.24, 2.45) is 0 Å². The lowest BCUT2D eigenvalue weighted by Crippen LogP contribution is -2.42. The van der Waals surface area contributed by atoms with Crippen LogP contribution in [0.3, 0.4) is 0 Å². The minimum atomic E-state index is -3.67. The van der Waals surface area contributed by atoms with Gasteiger partial charge in [0.15, 0.2) is 0 Å². The fourth-order valence-corrected chi connectivity index (χ4v) is 4.39. The van der Waals surface area contributed by atoms with Crippen LogP contribution >= 0.6 is 0 Å². The maximum Gasteiger partial charge on any atom is 0.240 e. The summed E-state index contributed by atoms with van der Waals surface area (Å²) in [6.07, 6.45) is 1.55. The topological polar surface area (TPSA) is 68.2 Å². The third-order valence-electron chi connectivity index (χ3n) is 3.92. The highest BCUT2D eigenvalue weighted by Gasteiger charge is 2.24. The molecule has 0 spiro atoms. The van der Waals surface area contributed by atoms with Gasteiger partial charge < -0.3 is 9.88 Å². The number of rotatable bonds is 4. The molecule has 136 valence electrons. The van der Waals surface area contributed by atoms with Crippen molar-refractivity contribution in [2.45, 2.75) is 42.6 Å². The highest BCUT2D eigenvalue weighted by molar-refractivity contribution is 7.91. The number of amides is 1. The van der Waals surface area contributed by atoms with Crippen LogP contribution in [0.2, 0.25) is 0 Å². The Morgan fingerprint density at radius 2 is 1.62 bits per heavy atom. The molecule has 0 bridgehead atoms. The molecule has 0 aliphatic carbocycles. The zero-order valence-electron chi connectivity index (χ0n) is 15.1. The largest absolute Gasteiger partial charge is 0.350 e. The number of sulfone groups is 1. The number of nitrogens with zero attached hydrogens (tertiary/aromatic N) is 1. The van der Waals surface area contributed by atoms with Gasteiger partial charge in [0.05, 0.1) is 9.79 Å². The average molecular weight is 370 g/mol. The zero-order valence-corrected chi connectivity index (χ0v) is 15.9. The van der Waals surface area contributed by atoms with Crippen LogP contribution in [0.1, 0.15) is 20.8 Å². The van der Waals surface area contributed by atoms with Gasteiger partial charge >= 0.3 is 0 Å². The molecule has 0 saturated carbocycles. The van der Waals surface area contributed by atoms with Gasteiger partial charge in [-0.2, -0.15) is 0 Å². The average Bonchev–Trinajstić information content (AvgIpc) is 2.93. The van der Waals surface area contributed by atoms with Crippen LogP contribution in [0, 0.1) is 0 Å². The Hall–Kier alpha value is -2.60. The van der Waals surface area contributed by atoms with E-state index in [1.54, 1.807) is 53.2 Å². The van der Waals surface area contributed by atoms with Crippen LogP contribution in [0.25, 0.3) is 10.9 Å². The van der Waals surface area contributed by atoms with E-state index in [9.17, 15) is 13.2 Å². The second-order valence-corrected chi connectivity index (χ2v) is 9.17. The Kier molecular flexibility index (Phi) is 4.63. The summed E-state index contributed by atoms with van der Waals surface area (Å²) in [6, 6.07) is 15.5. The standard InChI is InChI=1S/C20H22N2O3S/c1-20(2,3)21-19(23)14-22-13-18(16-11-7-8-12-17(16)22)26(24,25)15-9-5-4-6-10-15/h4-13H,14H2,1-3H3,(H,21,23). The Morgan fingerprint density at radius 1 is 1.00 bits per heavy atom. The van der Waals surface area contributed by atoms with Gasteiger partial charge in [0, 0.05) is 22.6 Å². The molecule has 1 heterocycles. The molecule has 0 atom stereocenters. The van der Waals surface area contributed by atoms with Gasteiger partial charge in [-0.25, -0.2) is 8.42 Å². The van der Waals surface area contributed by atoms with Gasteiger partial charge in [-0.05, 0) is 39.0 Å². The molecule has 1 aromatic heterocycles. The van der Waals surface area contributed by atoms with Gasteiger partial charge in [0.1, 0.15) is 6.54 Å². The summed E-state index contributed by atoms with van der Waals surface area (Å²) in [5, 5.41) is 3.51. The first-order chi connectivity index (χ1) is 12.2. The Bertz CT molecular complexity index is 1050. The molecule has 0 radical (unpaired) electrons. The summed E-state index contributed by atoms with van der Waals surface area (Å²) in [7, 11) is -3.67. The number of hydrogen-bond donors (Lipinski definition) is 1. The van der Waals surface area contributed by atoms with Gasteiger partial charge in [-0.1, -0.05) is 36.4 Å². The zero-order chi connectivity index (χ0) is 18.9. The predicted octanol–water partition coefficient (Wildman–Crippen LogP) is 3.39. The molecule has 0 aliphatic rings. The number of aromatic nitrogens is 1. The first kappa shape index (κ1) is 18.2. The monoisotopic (exact) mass is 370 g/mol. The van der Waals surface area contributed by atoms with Crippen molar-refractivity contribution in [1.82, 2.24) is 9.88 Å². The quantitative estimate of drug-likeness (QED) is 0.765. The number of carbonyl (C=O) groups is 1. The van der Waals surface area contributed by atoms with Crippen molar-refractivity contribution < 1.29 is 13.2 Å². The van der Waals surface area contributed by atoms with Crippen LogP contribution in [0.4, 0.5) is 0 Å². The lowest BCUT2D eigenvalue weighted by molar-refractivity contribution is -0.123. The number of nitrogens with one attached hydrogen (secondary N) is 1. The first-order valence-electron chi connectivity index (χ1n) is 8.37. The molecule has 2 aromatic carbocycles. The molecule has 5 nitrogen and oxygen atoms in total. The molecule has 0 unspecified atom stereocenters. The molecule has 3 rings (SSSR count). The molecule has 0 fully saturated rings. The fourth-order valence-electron chi connectivity index (χ4n) is 2.90. The molecule has 3 aromatic rings. The number of benzene rings is 2. The lowest BCUT2D eigenvalue weighted by Gasteiger charge is -2.20. The van der Waals surface area contributed by atoms with Crippen LogP contribution in [-0.2, 0) is 21.2 Å². The van der Waals surface area contributed by atoms with E-state index in [1.807, 2.05) is 32.9 Å². The number of hydrogen-bond acceptors (Lipinski definition) is 3. The Morgan fingerprint density at radius 3 is 2.27 bits per heavy atom. The molecule has 1 N–H and O–H groups in total. The second-order valence-electron chi connectivity index (χ2n) is 7.25. The van der Waals surface area contributed by atoms with E-state index in [4.69, 9.17) is 0 Å². The van der Waals surface area contributed by atoms with Crippen molar-refractivity contribution in [3.8, 4) is 0 Å². The molecule has 6 heteroatoms. The predicted molar refractivity (Wildman–Crippen MR) is 102 cm³/mol. The molecular weight excluding hydrogens is 348 g/mol. The minimum Gasteiger partial charge on any atom is -0.350 e. The van der Waals surface area contributed by atoms with Crippen molar-refractivity contribution >= 4 is 26.6 Å². The van der Waals surface area contributed by atoms with Crippen molar-refractivity contribution in [3.63, 3.8) is 0 Å². The summed E-state index contributed by atoms with van der Waals surface area (Å²) in [5.74, 6) is -0.165. The summed E-state index contributed by atoms with van der Waals surface area (Å²) in [4.78, 5) is 12.8. The van der Waals surface area contributed by atoms with Crippen molar-refractivity contribution in [2.75, 3.05) is 0 Å². The second kappa shape index (κ2) is 6.61. The van der Waals surface area contributed by atoms with E-state index in [-0.39, 0.29) is 27.8 Å². The summed E-state index contributed by atoms with van der Waals surface area (Å²) >= 11 is 0. The smallest absolute Gasteiger partial charge is 0.240 e. The summed E-state index contributed by atoms with van der Waals surface area (Å²) < 4.78 is 27.8. The third-order valence-corrected chi connectivity index (χ3v) is 5.72. The Balaban J connectivity index is 2.08. The number of fused-ring (bicyclic) bond motifs is 1. The highest BCUT2D eigenvalue weighted by atomic mass is 32.2. The van der Waals surface area contributed by atoms with Crippen LogP contribution < -0.4 is 5.32 Å². The van der Waals surface area contributed by atoms with Gasteiger partial charge in [0.2, 0.25) is 15.7 Å². The van der Waals surface area contributed by atoms with Crippen LogP contribution in [0.5, 0.6) is 0 Å². The first-order valence-corrected chi connectivity index (χ1v) is 9.86. The molecule has 0 aliphatic heterocycles. The van der Waals surface area contributed by atoms with Crippen molar-refractivity contribution in [1.29, 1.82) is 0 Å². The SMILES string of the molecule is CC(C)(C)NC(=O)Cn1cc(S(=O)(=O)c2ccccc2)c2ccccc21. The molecule has 1 amide bonds.